The smallest absolute Gasteiger partial charge is 0.222 e. The number of likely N-dealkylation sites (N-methyl/N-ethyl adjacent to an activating group) is 1. The maximum atomic E-state index is 12.1. The lowest BCUT2D eigenvalue weighted by atomic mass is 10.1. The van der Waals surface area contributed by atoms with Crippen LogP contribution in [-0.2, 0) is 4.79 Å². The third kappa shape index (κ3) is 12.5. The van der Waals surface area contributed by atoms with E-state index in [-0.39, 0.29) is 0 Å². The molecule has 152 valence electrons. The summed E-state index contributed by atoms with van der Waals surface area (Å²) in [5.74, 6) is 0.371. The Kier molecular flexibility index (Phi) is 14.6. The van der Waals surface area contributed by atoms with Crippen LogP contribution in [-0.4, -0.2) is 48.9 Å². The number of nitrogens with zero attached hydrogens (tertiary/aromatic N) is 2. The highest BCUT2D eigenvalue weighted by atomic mass is 16.2. The van der Waals surface area contributed by atoms with Crippen molar-refractivity contribution in [1.82, 2.24) is 9.80 Å². The maximum Gasteiger partial charge on any atom is 0.222 e. The van der Waals surface area contributed by atoms with E-state index in [9.17, 15) is 4.79 Å². The quantitative estimate of drug-likeness (QED) is 0.271. The van der Waals surface area contributed by atoms with Gasteiger partial charge in [-0.25, -0.2) is 0 Å². The van der Waals surface area contributed by atoms with E-state index in [4.69, 9.17) is 0 Å². The first-order valence-electron chi connectivity index (χ1n) is 11.4. The van der Waals surface area contributed by atoms with Crippen LogP contribution in [0.15, 0.2) is 12.2 Å². The second kappa shape index (κ2) is 16.4. The van der Waals surface area contributed by atoms with Gasteiger partial charge in [-0.1, -0.05) is 70.4 Å². The molecule has 26 heavy (non-hydrogen) atoms. The molecule has 0 spiro atoms. The third-order valence-electron chi connectivity index (χ3n) is 5.51. The molecule has 1 amide bonds. The van der Waals surface area contributed by atoms with Gasteiger partial charge in [0.05, 0.1) is 0 Å². The number of hydrogen-bond acceptors (Lipinski definition) is 2. The lowest BCUT2D eigenvalue weighted by Crippen LogP contribution is -2.47. The average Bonchev–Trinajstić information content (AvgIpc) is 2.65. The van der Waals surface area contributed by atoms with Crippen LogP contribution in [0.5, 0.6) is 0 Å². The number of amides is 1. The first-order chi connectivity index (χ1) is 12.7. The van der Waals surface area contributed by atoms with Gasteiger partial charge in [-0.2, -0.15) is 0 Å². The van der Waals surface area contributed by atoms with Gasteiger partial charge >= 0.3 is 0 Å². The highest BCUT2D eigenvalue weighted by Gasteiger charge is 2.18. The molecular formula is C23H44N2O. The van der Waals surface area contributed by atoms with Gasteiger partial charge in [0.15, 0.2) is 0 Å². The van der Waals surface area contributed by atoms with Gasteiger partial charge in [0.1, 0.15) is 0 Å². The van der Waals surface area contributed by atoms with Crippen molar-refractivity contribution in [3.05, 3.63) is 12.2 Å². The Labute approximate surface area is 163 Å². The Bertz CT molecular complexity index is 359. The van der Waals surface area contributed by atoms with E-state index in [1.807, 2.05) is 0 Å². The Hall–Kier alpha value is -0.830. The summed E-state index contributed by atoms with van der Waals surface area (Å²) in [5, 5.41) is 0. The first kappa shape index (κ1) is 23.2. The molecule has 0 bridgehead atoms. The molecular weight excluding hydrogens is 320 g/mol. The van der Waals surface area contributed by atoms with E-state index in [0.717, 1.165) is 39.0 Å². The number of allylic oxidation sites excluding steroid dienone is 2. The number of unbranched alkanes of at least 4 members (excludes halogenated alkanes) is 11. The van der Waals surface area contributed by atoms with Crippen LogP contribution in [0.3, 0.4) is 0 Å². The molecule has 0 aliphatic carbocycles. The molecule has 0 saturated carbocycles. The van der Waals surface area contributed by atoms with Gasteiger partial charge in [-0.15, -0.1) is 0 Å². The minimum Gasteiger partial charge on any atom is -0.340 e. The van der Waals surface area contributed by atoms with Crippen molar-refractivity contribution in [2.45, 2.75) is 96.8 Å². The first-order valence-corrected chi connectivity index (χ1v) is 11.4. The number of rotatable bonds is 15. The van der Waals surface area contributed by atoms with Crippen LogP contribution in [0.2, 0.25) is 0 Å². The van der Waals surface area contributed by atoms with E-state index < -0.39 is 0 Å². The fourth-order valence-electron chi connectivity index (χ4n) is 3.56. The molecule has 0 aromatic rings. The minimum atomic E-state index is 0.371. The average molecular weight is 365 g/mol. The van der Waals surface area contributed by atoms with E-state index in [2.05, 4.69) is 35.9 Å². The predicted molar refractivity (Wildman–Crippen MR) is 114 cm³/mol. The molecule has 1 aliphatic rings. The zero-order valence-corrected chi connectivity index (χ0v) is 17.7. The zero-order chi connectivity index (χ0) is 18.9. The molecule has 0 atom stereocenters. The second-order valence-electron chi connectivity index (χ2n) is 8.02. The molecule has 0 unspecified atom stereocenters. The summed E-state index contributed by atoms with van der Waals surface area (Å²) in [6.07, 6.45) is 22.5. The number of carbonyl (C=O) groups is 1. The van der Waals surface area contributed by atoms with Crippen LogP contribution in [0.4, 0.5) is 0 Å². The Balaban J connectivity index is 1.81. The second-order valence-corrected chi connectivity index (χ2v) is 8.02. The van der Waals surface area contributed by atoms with E-state index in [1.165, 1.54) is 77.0 Å². The molecule has 3 heteroatoms. The molecule has 1 fully saturated rings. The molecule has 3 nitrogen and oxygen atoms in total. The highest BCUT2D eigenvalue weighted by Crippen LogP contribution is 2.11. The Morgan fingerprint density at radius 1 is 0.731 bits per heavy atom. The van der Waals surface area contributed by atoms with Crippen molar-refractivity contribution < 1.29 is 4.79 Å². The van der Waals surface area contributed by atoms with Crippen molar-refractivity contribution in [3.63, 3.8) is 0 Å². The molecule has 0 aromatic heterocycles. The van der Waals surface area contributed by atoms with Crippen molar-refractivity contribution in [2.24, 2.45) is 0 Å². The van der Waals surface area contributed by atoms with Gasteiger partial charge < -0.3 is 9.80 Å². The molecule has 0 radical (unpaired) electrons. The van der Waals surface area contributed by atoms with Crippen LogP contribution >= 0.6 is 0 Å². The lowest BCUT2D eigenvalue weighted by molar-refractivity contribution is -0.132. The van der Waals surface area contributed by atoms with E-state index >= 15 is 0 Å². The molecule has 1 rings (SSSR count). The van der Waals surface area contributed by atoms with E-state index in [0.29, 0.717) is 5.91 Å². The number of piperazine rings is 1. The fraction of sp³-hybridized carbons (Fsp3) is 0.870. The van der Waals surface area contributed by atoms with Crippen molar-refractivity contribution in [1.29, 1.82) is 0 Å². The van der Waals surface area contributed by atoms with Crippen LogP contribution in [0.1, 0.15) is 96.8 Å². The molecule has 0 aromatic carbocycles. The summed E-state index contributed by atoms with van der Waals surface area (Å²) >= 11 is 0. The standard InChI is InChI=1S/C23H44N2O/c1-3-4-5-6-7-8-9-10-11-12-13-14-15-16-17-18-23(26)25-21-19-24(2)20-22-25/h10-11H,3-9,12-22H2,1-2H3. The summed E-state index contributed by atoms with van der Waals surface area (Å²) < 4.78 is 0. The van der Waals surface area contributed by atoms with Crippen LogP contribution < -0.4 is 0 Å². The normalized spacial score (nSPS) is 15.8. The molecule has 1 aliphatic heterocycles. The van der Waals surface area contributed by atoms with Crippen LogP contribution in [0.25, 0.3) is 0 Å². The van der Waals surface area contributed by atoms with Crippen molar-refractivity contribution in [2.75, 3.05) is 33.2 Å². The fourth-order valence-corrected chi connectivity index (χ4v) is 3.56. The topological polar surface area (TPSA) is 23.6 Å². The minimum absolute atomic E-state index is 0.371. The van der Waals surface area contributed by atoms with Gasteiger partial charge in [-0.3, -0.25) is 4.79 Å². The Morgan fingerprint density at radius 2 is 1.23 bits per heavy atom. The van der Waals surface area contributed by atoms with Gasteiger partial charge in [0, 0.05) is 32.6 Å². The Morgan fingerprint density at radius 3 is 1.81 bits per heavy atom. The lowest BCUT2D eigenvalue weighted by Gasteiger charge is -2.32. The van der Waals surface area contributed by atoms with Gasteiger partial charge in [0.25, 0.3) is 0 Å². The maximum absolute atomic E-state index is 12.1. The summed E-state index contributed by atoms with van der Waals surface area (Å²) in [6, 6.07) is 0. The largest absolute Gasteiger partial charge is 0.340 e. The molecule has 0 N–H and O–H groups in total. The summed E-state index contributed by atoms with van der Waals surface area (Å²) in [6.45, 7) is 6.16. The highest BCUT2D eigenvalue weighted by molar-refractivity contribution is 5.76. The monoisotopic (exact) mass is 364 g/mol. The van der Waals surface area contributed by atoms with Crippen LogP contribution in [0, 0.1) is 0 Å². The summed E-state index contributed by atoms with van der Waals surface area (Å²) in [7, 11) is 2.13. The number of hydrogen-bond donors (Lipinski definition) is 0. The third-order valence-corrected chi connectivity index (χ3v) is 5.51. The SMILES string of the molecule is CCCCCCCCC=CCCCCCCCC(=O)N1CCN(C)CC1. The molecule has 1 saturated heterocycles. The number of carbonyl (C=O) groups excluding carboxylic acids is 1. The summed E-state index contributed by atoms with van der Waals surface area (Å²) in [4.78, 5) is 16.5. The van der Waals surface area contributed by atoms with Crippen molar-refractivity contribution >= 4 is 5.91 Å². The molecule has 1 heterocycles. The summed E-state index contributed by atoms with van der Waals surface area (Å²) in [5.41, 5.74) is 0. The van der Waals surface area contributed by atoms with Crippen molar-refractivity contribution in [3.8, 4) is 0 Å². The van der Waals surface area contributed by atoms with E-state index in [1.54, 1.807) is 0 Å². The predicted octanol–water partition coefficient (Wildman–Crippen LogP) is 5.80. The zero-order valence-electron chi connectivity index (χ0n) is 17.7. The van der Waals surface area contributed by atoms with Gasteiger partial charge in [0.2, 0.25) is 5.91 Å². The van der Waals surface area contributed by atoms with Gasteiger partial charge in [-0.05, 0) is 39.2 Å².